The number of H-pyrrole nitrogens is 1. The lowest BCUT2D eigenvalue weighted by atomic mass is 10.1. The third-order valence-electron chi connectivity index (χ3n) is 4.19. The summed E-state index contributed by atoms with van der Waals surface area (Å²) in [6.07, 6.45) is -6.09. The third kappa shape index (κ3) is 3.43. The summed E-state index contributed by atoms with van der Waals surface area (Å²) in [5, 5.41) is 18.9. The summed E-state index contributed by atoms with van der Waals surface area (Å²) in [6, 6.07) is 3.93. The quantitative estimate of drug-likeness (QED) is 0.742. The molecule has 140 valence electrons. The molecule has 0 saturated carbocycles. The molecule has 1 aromatic heterocycles. The lowest BCUT2D eigenvalue weighted by molar-refractivity contribution is -0.137. The van der Waals surface area contributed by atoms with Crippen LogP contribution in [0.15, 0.2) is 40.1 Å². The Balaban J connectivity index is 1.99. The Bertz CT molecular complexity index is 904. The van der Waals surface area contributed by atoms with E-state index < -0.39 is 48.0 Å². The number of aliphatic hydroxyl groups is 2. The highest BCUT2D eigenvalue weighted by atomic mass is 19.4. The molecule has 7 nitrogen and oxygen atoms in total. The van der Waals surface area contributed by atoms with Gasteiger partial charge in [0.2, 0.25) is 0 Å². The lowest BCUT2D eigenvalue weighted by Crippen LogP contribution is -2.33. The standard InChI is InChI=1S/C16H15F3N2O5/c17-16(18,19)9-3-1-8(2-4-9)10-6-21(15(25)20-14(10)24)13-5-11(23)12(7-22)26-13/h1-4,6,11-13,22-23H,5,7H2,(H,20,24,25)/t11-,12+,13+/m0/s1. The molecular weight excluding hydrogens is 357 g/mol. The Morgan fingerprint density at radius 2 is 1.88 bits per heavy atom. The van der Waals surface area contributed by atoms with Gasteiger partial charge in [0.15, 0.2) is 0 Å². The number of nitrogens with zero attached hydrogens (tertiary/aromatic N) is 1. The highest BCUT2D eigenvalue weighted by Gasteiger charge is 2.35. The highest BCUT2D eigenvalue weighted by molar-refractivity contribution is 5.61. The summed E-state index contributed by atoms with van der Waals surface area (Å²) in [6.45, 7) is -0.443. The largest absolute Gasteiger partial charge is 0.416 e. The van der Waals surface area contributed by atoms with Gasteiger partial charge in [0, 0.05) is 12.6 Å². The maximum absolute atomic E-state index is 12.7. The van der Waals surface area contributed by atoms with Crippen molar-refractivity contribution in [3.05, 3.63) is 56.9 Å². The number of ether oxygens (including phenoxy) is 1. The number of aliphatic hydroxyl groups excluding tert-OH is 2. The number of aromatic amines is 1. The smallest absolute Gasteiger partial charge is 0.394 e. The number of benzene rings is 1. The average molecular weight is 372 g/mol. The molecule has 0 amide bonds. The number of nitrogens with one attached hydrogen (secondary N) is 1. The van der Waals surface area contributed by atoms with Gasteiger partial charge in [-0.05, 0) is 17.7 Å². The first-order valence-electron chi connectivity index (χ1n) is 7.68. The van der Waals surface area contributed by atoms with E-state index in [-0.39, 0.29) is 17.5 Å². The van der Waals surface area contributed by atoms with Crippen LogP contribution in [0.25, 0.3) is 11.1 Å². The summed E-state index contributed by atoms with van der Waals surface area (Å²) in [5.41, 5.74) is -2.25. The summed E-state index contributed by atoms with van der Waals surface area (Å²) in [7, 11) is 0. The Labute approximate surface area is 144 Å². The predicted molar refractivity (Wildman–Crippen MR) is 83.4 cm³/mol. The zero-order valence-corrected chi connectivity index (χ0v) is 13.2. The van der Waals surface area contributed by atoms with E-state index >= 15 is 0 Å². The van der Waals surface area contributed by atoms with Gasteiger partial charge in [-0.2, -0.15) is 13.2 Å². The van der Waals surface area contributed by atoms with Crippen LogP contribution in [-0.4, -0.2) is 38.6 Å². The van der Waals surface area contributed by atoms with E-state index in [1.807, 2.05) is 0 Å². The van der Waals surface area contributed by atoms with Crippen LogP contribution < -0.4 is 11.2 Å². The first-order valence-corrected chi connectivity index (χ1v) is 7.68. The van der Waals surface area contributed by atoms with E-state index in [1.165, 1.54) is 6.20 Å². The van der Waals surface area contributed by atoms with Crippen LogP contribution in [0, 0.1) is 0 Å². The first kappa shape index (κ1) is 18.4. The molecule has 2 aromatic rings. The Kier molecular flexibility index (Phi) is 4.74. The molecule has 1 saturated heterocycles. The van der Waals surface area contributed by atoms with Crippen molar-refractivity contribution in [2.24, 2.45) is 0 Å². The van der Waals surface area contributed by atoms with E-state index in [0.29, 0.717) is 0 Å². The van der Waals surface area contributed by atoms with Crippen molar-refractivity contribution in [1.29, 1.82) is 0 Å². The Morgan fingerprint density at radius 1 is 1.23 bits per heavy atom. The molecule has 0 unspecified atom stereocenters. The lowest BCUT2D eigenvalue weighted by Gasteiger charge is -2.15. The molecule has 0 radical (unpaired) electrons. The minimum Gasteiger partial charge on any atom is -0.394 e. The molecule has 1 aliphatic rings. The van der Waals surface area contributed by atoms with E-state index in [2.05, 4.69) is 4.98 Å². The molecule has 0 bridgehead atoms. The number of halogens is 3. The van der Waals surface area contributed by atoms with Crippen molar-refractivity contribution in [3.8, 4) is 11.1 Å². The maximum Gasteiger partial charge on any atom is 0.416 e. The number of hydrogen-bond donors (Lipinski definition) is 3. The van der Waals surface area contributed by atoms with Crippen LogP contribution in [0.5, 0.6) is 0 Å². The zero-order chi connectivity index (χ0) is 19.1. The molecule has 1 aliphatic heterocycles. The van der Waals surface area contributed by atoms with Crippen molar-refractivity contribution < 1.29 is 28.1 Å². The second kappa shape index (κ2) is 6.71. The number of rotatable bonds is 3. The van der Waals surface area contributed by atoms with E-state index in [1.54, 1.807) is 0 Å². The molecule has 3 atom stereocenters. The SMILES string of the molecule is O=c1[nH]c(=O)n([C@H]2C[C@H](O)[C@@H](CO)O2)cc1-c1ccc(C(F)(F)F)cc1. The molecule has 0 spiro atoms. The van der Waals surface area contributed by atoms with Crippen LogP contribution in [0.4, 0.5) is 13.2 Å². The maximum atomic E-state index is 12.7. The second-order valence-corrected chi connectivity index (χ2v) is 5.90. The van der Waals surface area contributed by atoms with E-state index in [0.717, 1.165) is 28.8 Å². The molecule has 1 fully saturated rings. The number of aromatic nitrogens is 2. The van der Waals surface area contributed by atoms with Crippen molar-refractivity contribution in [3.63, 3.8) is 0 Å². The molecule has 2 heterocycles. The van der Waals surface area contributed by atoms with Gasteiger partial charge in [-0.15, -0.1) is 0 Å². The fourth-order valence-corrected chi connectivity index (χ4v) is 2.79. The van der Waals surface area contributed by atoms with Crippen LogP contribution in [0.1, 0.15) is 18.2 Å². The molecule has 26 heavy (non-hydrogen) atoms. The van der Waals surface area contributed by atoms with E-state index in [9.17, 15) is 27.9 Å². The number of alkyl halides is 3. The summed E-state index contributed by atoms with van der Waals surface area (Å²) < 4.78 is 44.4. The van der Waals surface area contributed by atoms with Crippen molar-refractivity contribution in [1.82, 2.24) is 9.55 Å². The van der Waals surface area contributed by atoms with Gasteiger partial charge in [-0.1, -0.05) is 12.1 Å². The highest BCUT2D eigenvalue weighted by Crippen LogP contribution is 2.31. The van der Waals surface area contributed by atoms with Crippen LogP contribution in [0.3, 0.4) is 0 Å². The Hall–Kier alpha value is -2.43. The van der Waals surface area contributed by atoms with Gasteiger partial charge in [0.1, 0.15) is 12.3 Å². The number of hydrogen-bond acceptors (Lipinski definition) is 5. The van der Waals surface area contributed by atoms with Gasteiger partial charge < -0.3 is 14.9 Å². The minimum atomic E-state index is -4.50. The topological polar surface area (TPSA) is 105 Å². The van der Waals surface area contributed by atoms with Crippen LogP contribution in [-0.2, 0) is 10.9 Å². The van der Waals surface area contributed by atoms with E-state index in [4.69, 9.17) is 9.84 Å². The molecule has 3 rings (SSSR count). The van der Waals surface area contributed by atoms with Crippen LogP contribution in [0.2, 0.25) is 0 Å². The fraction of sp³-hybridized carbons (Fsp3) is 0.375. The average Bonchev–Trinajstić information content (AvgIpc) is 2.95. The van der Waals surface area contributed by atoms with Gasteiger partial charge >= 0.3 is 11.9 Å². The fourth-order valence-electron chi connectivity index (χ4n) is 2.79. The van der Waals surface area contributed by atoms with Gasteiger partial charge in [0.25, 0.3) is 5.56 Å². The van der Waals surface area contributed by atoms with Crippen molar-refractivity contribution >= 4 is 0 Å². The van der Waals surface area contributed by atoms with Crippen LogP contribution >= 0.6 is 0 Å². The summed E-state index contributed by atoms with van der Waals surface area (Å²) in [4.78, 5) is 26.2. The molecule has 0 aliphatic carbocycles. The summed E-state index contributed by atoms with van der Waals surface area (Å²) in [5.74, 6) is 0. The molecule has 1 aromatic carbocycles. The minimum absolute atomic E-state index is 0.0175. The zero-order valence-electron chi connectivity index (χ0n) is 13.2. The molecule has 3 N–H and O–H groups in total. The Morgan fingerprint density at radius 3 is 2.42 bits per heavy atom. The van der Waals surface area contributed by atoms with Crippen molar-refractivity contribution in [2.75, 3.05) is 6.61 Å². The van der Waals surface area contributed by atoms with Gasteiger partial charge in [-0.3, -0.25) is 14.3 Å². The predicted octanol–water partition coefficient (Wildman–Crippen LogP) is 0.863. The van der Waals surface area contributed by atoms with Gasteiger partial charge in [0.05, 0.1) is 23.8 Å². The third-order valence-corrected chi connectivity index (χ3v) is 4.19. The summed E-state index contributed by atoms with van der Waals surface area (Å²) >= 11 is 0. The molecule has 10 heteroatoms. The normalized spacial score (nSPS) is 23.3. The second-order valence-electron chi connectivity index (χ2n) is 5.90. The molecular formula is C16H15F3N2O5. The van der Waals surface area contributed by atoms with Gasteiger partial charge in [-0.25, -0.2) is 4.79 Å². The van der Waals surface area contributed by atoms with Crippen molar-refractivity contribution in [2.45, 2.75) is 31.0 Å². The monoisotopic (exact) mass is 372 g/mol. The first-order chi connectivity index (χ1) is 12.2.